The number of benzene rings is 1. The highest BCUT2D eigenvalue weighted by molar-refractivity contribution is 5.48. The van der Waals surface area contributed by atoms with E-state index in [-0.39, 0.29) is 0 Å². The van der Waals surface area contributed by atoms with Gasteiger partial charge in [0.15, 0.2) is 0 Å². The van der Waals surface area contributed by atoms with E-state index in [0.717, 1.165) is 19.6 Å². The molecule has 1 aromatic rings. The van der Waals surface area contributed by atoms with Gasteiger partial charge in [-0.1, -0.05) is 19.1 Å². The summed E-state index contributed by atoms with van der Waals surface area (Å²) in [5.41, 5.74) is 2.66. The molecule has 1 aromatic carbocycles. The molecule has 1 rings (SSSR count). The first-order chi connectivity index (χ1) is 8.17. The zero-order valence-corrected chi connectivity index (χ0v) is 11.7. The van der Waals surface area contributed by atoms with Crippen molar-refractivity contribution in [2.45, 2.75) is 40.2 Å². The normalized spacial score (nSPS) is 12.5. The van der Waals surface area contributed by atoms with E-state index in [4.69, 9.17) is 0 Å². The summed E-state index contributed by atoms with van der Waals surface area (Å²) < 4.78 is 0. The third-order valence-corrected chi connectivity index (χ3v) is 3.24. The smallest absolute Gasteiger partial charge is 0.0369 e. The molecular formula is C15H26N2. The minimum absolute atomic E-state index is 0.617. The van der Waals surface area contributed by atoms with Crippen molar-refractivity contribution in [1.82, 2.24) is 5.32 Å². The maximum atomic E-state index is 3.54. The third-order valence-electron chi connectivity index (χ3n) is 3.24. The Morgan fingerprint density at radius 1 is 1.29 bits per heavy atom. The minimum atomic E-state index is 0.617. The largest absolute Gasteiger partial charge is 0.371 e. The van der Waals surface area contributed by atoms with Gasteiger partial charge in [0, 0.05) is 31.4 Å². The van der Waals surface area contributed by atoms with Gasteiger partial charge in [-0.3, -0.25) is 0 Å². The predicted octanol–water partition coefficient (Wildman–Crippen LogP) is 3.21. The highest BCUT2D eigenvalue weighted by Gasteiger charge is 2.04. The Hall–Kier alpha value is -1.02. The number of aryl methyl sites for hydroxylation is 1. The first-order valence-corrected chi connectivity index (χ1v) is 6.72. The molecule has 1 unspecified atom stereocenters. The topological polar surface area (TPSA) is 15.3 Å². The van der Waals surface area contributed by atoms with E-state index in [2.05, 4.69) is 62.2 Å². The van der Waals surface area contributed by atoms with Gasteiger partial charge in [0.25, 0.3) is 0 Å². The number of nitrogens with one attached hydrogen (secondary N) is 1. The van der Waals surface area contributed by atoms with E-state index in [1.165, 1.54) is 17.7 Å². The van der Waals surface area contributed by atoms with Crippen molar-refractivity contribution in [2.24, 2.45) is 0 Å². The lowest BCUT2D eigenvalue weighted by Gasteiger charge is -2.24. The number of likely N-dealkylation sites (N-methyl/N-ethyl adjacent to an activating group) is 1. The Kier molecular flexibility index (Phi) is 6.06. The zero-order chi connectivity index (χ0) is 12.7. The highest BCUT2D eigenvalue weighted by Crippen LogP contribution is 2.14. The molecule has 0 saturated heterocycles. The van der Waals surface area contributed by atoms with Crippen molar-refractivity contribution in [2.75, 3.05) is 24.5 Å². The van der Waals surface area contributed by atoms with Gasteiger partial charge in [-0.05, 0) is 44.9 Å². The SMILES string of the molecule is CCC(C)NCCN(CC)c1cccc(C)c1. The Bertz CT molecular complexity index is 322. The lowest BCUT2D eigenvalue weighted by atomic mass is 10.2. The molecule has 0 amide bonds. The second-order valence-corrected chi connectivity index (χ2v) is 4.68. The van der Waals surface area contributed by atoms with Gasteiger partial charge in [0.2, 0.25) is 0 Å². The van der Waals surface area contributed by atoms with Crippen LogP contribution in [0.2, 0.25) is 0 Å². The first kappa shape index (κ1) is 14.0. The van der Waals surface area contributed by atoms with Gasteiger partial charge in [-0.2, -0.15) is 0 Å². The fourth-order valence-electron chi connectivity index (χ4n) is 1.88. The van der Waals surface area contributed by atoms with E-state index in [0.29, 0.717) is 6.04 Å². The van der Waals surface area contributed by atoms with Crippen LogP contribution in [-0.2, 0) is 0 Å². The zero-order valence-electron chi connectivity index (χ0n) is 11.7. The second-order valence-electron chi connectivity index (χ2n) is 4.68. The average Bonchev–Trinajstić information content (AvgIpc) is 2.34. The molecule has 0 aliphatic carbocycles. The van der Waals surface area contributed by atoms with Crippen LogP contribution in [0.3, 0.4) is 0 Å². The first-order valence-electron chi connectivity index (χ1n) is 6.72. The number of rotatable bonds is 7. The van der Waals surface area contributed by atoms with Crippen molar-refractivity contribution in [3.8, 4) is 0 Å². The van der Waals surface area contributed by atoms with E-state index in [1.807, 2.05) is 0 Å². The van der Waals surface area contributed by atoms with E-state index >= 15 is 0 Å². The lowest BCUT2D eigenvalue weighted by Crippen LogP contribution is -2.35. The fourth-order valence-corrected chi connectivity index (χ4v) is 1.88. The van der Waals surface area contributed by atoms with E-state index in [1.54, 1.807) is 0 Å². The maximum absolute atomic E-state index is 3.54. The molecule has 0 aliphatic heterocycles. The molecule has 0 bridgehead atoms. The van der Waals surface area contributed by atoms with Crippen LogP contribution in [0.5, 0.6) is 0 Å². The minimum Gasteiger partial charge on any atom is -0.371 e. The predicted molar refractivity (Wildman–Crippen MR) is 76.8 cm³/mol. The summed E-state index contributed by atoms with van der Waals surface area (Å²) in [6, 6.07) is 9.35. The van der Waals surface area contributed by atoms with Crippen LogP contribution in [0.25, 0.3) is 0 Å². The van der Waals surface area contributed by atoms with Crippen molar-refractivity contribution >= 4 is 5.69 Å². The molecule has 1 N–H and O–H groups in total. The van der Waals surface area contributed by atoms with Gasteiger partial charge >= 0.3 is 0 Å². The molecule has 0 radical (unpaired) electrons. The van der Waals surface area contributed by atoms with Crippen molar-refractivity contribution in [3.05, 3.63) is 29.8 Å². The molecule has 96 valence electrons. The summed E-state index contributed by atoms with van der Waals surface area (Å²) in [6.45, 7) is 12.0. The summed E-state index contributed by atoms with van der Waals surface area (Å²) in [5.74, 6) is 0. The molecule has 1 atom stereocenters. The van der Waals surface area contributed by atoms with Crippen molar-refractivity contribution in [1.29, 1.82) is 0 Å². The van der Waals surface area contributed by atoms with E-state index in [9.17, 15) is 0 Å². The Morgan fingerprint density at radius 2 is 2.06 bits per heavy atom. The number of hydrogen-bond donors (Lipinski definition) is 1. The van der Waals surface area contributed by atoms with Gasteiger partial charge in [0.05, 0.1) is 0 Å². The van der Waals surface area contributed by atoms with Crippen LogP contribution < -0.4 is 10.2 Å². The molecule has 2 nitrogen and oxygen atoms in total. The number of nitrogens with zero attached hydrogens (tertiary/aromatic N) is 1. The maximum Gasteiger partial charge on any atom is 0.0369 e. The van der Waals surface area contributed by atoms with Crippen LogP contribution in [0.1, 0.15) is 32.8 Å². The molecule has 17 heavy (non-hydrogen) atoms. The van der Waals surface area contributed by atoms with Crippen LogP contribution in [0.15, 0.2) is 24.3 Å². The lowest BCUT2D eigenvalue weighted by molar-refractivity contribution is 0.534. The summed E-state index contributed by atoms with van der Waals surface area (Å²) in [7, 11) is 0. The average molecular weight is 234 g/mol. The summed E-state index contributed by atoms with van der Waals surface area (Å²) >= 11 is 0. The van der Waals surface area contributed by atoms with Gasteiger partial charge in [-0.25, -0.2) is 0 Å². The number of hydrogen-bond acceptors (Lipinski definition) is 2. The van der Waals surface area contributed by atoms with Gasteiger partial charge in [-0.15, -0.1) is 0 Å². The Morgan fingerprint density at radius 3 is 2.65 bits per heavy atom. The monoisotopic (exact) mass is 234 g/mol. The summed E-state index contributed by atoms with van der Waals surface area (Å²) in [6.07, 6.45) is 1.19. The van der Waals surface area contributed by atoms with E-state index < -0.39 is 0 Å². The molecule has 0 heterocycles. The molecule has 0 aliphatic rings. The quantitative estimate of drug-likeness (QED) is 0.779. The Balaban J connectivity index is 2.48. The third kappa shape index (κ3) is 4.78. The van der Waals surface area contributed by atoms with Gasteiger partial charge in [0.1, 0.15) is 0 Å². The van der Waals surface area contributed by atoms with Crippen LogP contribution >= 0.6 is 0 Å². The van der Waals surface area contributed by atoms with Gasteiger partial charge < -0.3 is 10.2 Å². The fraction of sp³-hybridized carbons (Fsp3) is 0.600. The number of anilines is 1. The van der Waals surface area contributed by atoms with Crippen LogP contribution in [0, 0.1) is 6.92 Å². The molecule has 0 aromatic heterocycles. The summed E-state index contributed by atoms with van der Waals surface area (Å²) in [4.78, 5) is 2.42. The molecule has 0 spiro atoms. The Labute approximate surface area is 106 Å². The van der Waals surface area contributed by atoms with Crippen LogP contribution in [0.4, 0.5) is 5.69 Å². The highest BCUT2D eigenvalue weighted by atomic mass is 15.1. The second kappa shape index (κ2) is 7.33. The molecular weight excluding hydrogens is 208 g/mol. The standard InChI is InChI=1S/C15H26N2/c1-5-14(4)16-10-11-17(6-2)15-9-7-8-13(3)12-15/h7-9,12,14,16H,5-6,10-11H2,1-4H3. The molecule has 2 heteroatoms. The molecule has 0 saturated carbocycles. The van der Waals surface area contributed by atoms with Crippen LogP contribution in [-0.4, -0.2) is 25.7 Å². The summed E-state index contributed by atoms with van der Waals surface area (Å²) in [5, 5.41) is 3.54. The molecule has 0 fully saturated rings. The van der Waals surface area contributed by atoms with Crippen molar-refractivity contribution < 1.29 is 0 Å². The van der Waals surface area contributed by atoms with Crippen molar-refractivity contribution in [3.63, 3.8) is 0 Å².